The van der Waals surface area contributed by atoms with E-state index < -0.39 is 12.0 Å². The first-order chi connectivity index (χ1) is 17.9. The Labute approximate surface area is 234 Å². The third kappa shape index (κ3) is 5.27. The van der Waals surface area contributed by atoms with E-state index in [1.54, 1.807) is 44.2 Å². The number of carbonyl (C=O) groups excluding carboxylic acids is 1. The summed E-state index contributed by atoms with van der Waals surface area (Å²) in [5.74, 6) is 0.0236. The molecular weight excluding hydrogens is 596 g/mol. The fraction of sp³-hybridized carbons (Fsp3) is 0.148. The SMILES string of the molecule is CCOC(=O)C1=C(C)N=c2s/c(=C/c3cc(Br)c(Sc4ccccc4)o3)c(=O)n2[C@H]1c1ccc(Cl)cc1. The van der Waals surface area contributed by atoms with Gasteiger partial charge in [0.2, 0.25) is 0 Å². The Morgan fingerprint density at radius 1 is 1.24 bits per heavy atom. The second kappa shape index (κ2) is 10.9. The average Bonchev–Trinajstić information content (AvgIpc) is 3.37. The van der Waals surface area contributed by atoms with Crippen LogP contribution in [0.25, 0.3) is 6.08 Å². The van der Waals surface area contributed by atoms with Crippen molar-refractivity contribution in [1.82, 2.24) is 4.57 Å². The maximum atomic E-state index is 13.7. The van der Waals surface area contributed by atoms with Crippen LogP contribution in [0.4, 0.5) is 0 Å². The van der Waals surface area contributed by atoms with Gasteiger partial charge in [0.1, 0.15) is 5.76 Å². The van der Waals surface area contributed by atoms with E-state index in [4.69, 9.17) is 20.8 Å². The molecule has 0 saturated heterocycles. The molecule has 0 fully saturated rings. The standard InChI is InChI=1S/C27H20BrClN2O4S2/c1-3-34-25(33)22-15(2)30-27-31(23(22)16-9-11-17(29)12-10-16)24(32)21(37-27)14-18-13-20(28)26(35-18)36-19-7-5-4-6-8-19/h4-14,23H,3H2,1-2H3/b21-14+/t23-/m0/s1. The maximum Gasteiger partial charge on any atom is 0.338 e. The van der Waals surface area contributed by atoms with E-state index in [1.165, 1.54) is 27.7 Å². The van der Waals surface area contributed by atoms with Crippen LogP contribution in [-0.4, -0.2) is 17.1 Å². The van der Waals surface area contributed by atoms with Crippen molar-refractivity contribution in [3.05, 3.63) is 112 Å². The zero-order valence-corrected chi connectivity index (χ0v) is 23.7. The van der Waals surface area contributed by atoms with E-state index in [1.807, 2.05) is 36.4 Å². The highest BCUT2D eigenvalue weighted by Crippen LogP contribution is 2.36. The average molecular weight is 616 g/mol. The molecule has 2 aromatic carbocycles. The number of esters is 1. The number of fused-ring (bicyclic) bond motifs is 1. The van der Waals surface area contributed by atoms with Crippen molar-refractivity contribution in [2.45, 2.75) is 29.9 Å². The molecule has 0 radical (unpaired) electrons. The molecule has 0 bridgehead atoms. The van der Waals surface area contributed by atoms with E-state index in [0.29, 0.717) is 36.5 Å². The predicted molar refractivity (Wildman–Crippen MR) is 149 cm³/mol. The Kier molecular flexibility index (Phi) is 7.57. The van der Waals surface area contributed by atoms with Gasteiger partial charge in [0.25, 0.3) is 5.56 Å². The van der Waals surface area contributed by atoms with Crippen LogP contribution >= 0.6 is 50.6 Å². The summed E-state index contributed by atoms with van der Waals surface area (Å²) in [5.41, 5.74) is 1.29. The van der Waals surface area contributed by atoms with Gasteiger partial charge in [-0.05, 0) is 65.7 Å². The largest absolute Gasteiger partial charge is 0.463 e. The molecule has 188 valence electrons. The van der Waals surface area contributed by atoms with E-state index >= 15 is 0 Å². The number of allylic oxidation sites excluding steroid dienone is 1. The molecule has 6 nitrogen and oxygen atoms in total. The molecule has 1 atom stereocenters. The molecule has 0 N–H and O–H groups in total. The molecule has 10 heteroatoms. The van der Waals surface area contributed by atoms with Gasteiger partial charge < -0.3 is 9.15 Å². The smallest absolute Gasteiger partial charge is 0.338 e. The van der Waals surface area contributed by atoms with Gasteiger partial charge in [0.05, 0.1) is 32.9 Å². The predicted octanol–water partition coefficient (Wildman–Crippen LogP) is 5.96. The highest BCUT2D eigenvalue weighted by atomic mass is 79.9. The molecule has 0 aliphatic carbocycles. The highest BCUT2D eigenvalue weighted by Gasteiger charge is 2.33. The minimum absolute atomic E-state index is 0.212. The summed E-state index contributed by atoms with van der Waals surface area (Å²) < 4.78 is 14.1. The summed E-state index contributed by atoms with van der Waals surface area (Å²) in [5, 5.41) is 1.24. The van der Waals surface area contributed by atoms with Gasteiger partial charge in [-0.3, -0.25) is 9.36 Å². The first-order valence-electron chi connectivity index (χ1n) is 11.3. The minimum atomic E-state index is -0.692. The molecule has 3 heterocycles. The number of benzene rings is 2. The molecule has 2 aromatic heterocycles. The quantitative estimate of drug-likeness (QED) is 0.250. The summed E-state index contributed by atoms with van der Waals surface area (Å²) in [6.45, 7) is 3.71. The zero-order valence-electron chi connectivity index (χ0n) is 19.7. The van der Waals surface area contributed by atoms with Crippen LogP contribution in [0, 0.1) is 0 Å². The number of furan rings is 1. The van der Waals surface area contributed by atoms with Crippen LogP contribution in [0.15, 0.2) is 101 Å². The third-order valence-corrected chi connectivity index (χ3v) is 8.69. The molecular formula is C27H20BrClN2O4S2. The van der Waals surface area contributed by atoms with Crippen molar-refractivity contribution >= 4 is 62.7 Å². The molecule has 37 heavy (non-hydrogen) atoms. The first kappa shape index (κ1) is 25.8. The van der Waals surface area contributed by atoms with Crippen LogP contribution in [0.3, 0.4) is 0 Å². The fourth-order valence-electron chi connectivity index (χ4n) is 3.99. The number of aromatic nitrogens is 1. The topological polar surface area (TPSA) is 73.8 Å². The number of halogens is 2. The van der Waals surface area contributed by atoms with E-state index in [-0.39, 0.29) is 12.2 Å². The number of ether oxygens (including phenoxy) is 1. The minimum Gasteiger partial charge on any atom is -0.463 e. The van der Waals surface area contributed by atoms with E-state index in [9.17, 15) is 9.59 Å². The molecule has 0 spiro atoms. The number of nitrogens with zero attached hydrogens (tertiary/aromatic N) is 2. The second-order valence-corrected chi connectivity index (χ2v) is 11.4. The van der Waals surface area contributed by atoms with Gasteiger partial charge in [-0.2, -0.15) is 0 Å². The number of carbonyl (C=O) groups is 1. The molecule has 0 amide bonds. The molecule has 0 saturated carbocycles. The first-order valence-corrected chi connectivity index (χ1v) is 14.1. The van der Waals surface area contributed by atoms with Crippen LogP contribution < -0.4 is 14.9 Å². The Bertz CT molecular complexity index is 1690. The number of hydrogen-bond donors (Lipinski definition) is 0. The second-order valence-electron chi connectivity index (χ2n) is 8.05. The van der Waals surface area contributed by atoms with Gasteiger partial charge in [0.15, 0.2) is 9.89 Å². The lowest BCUT2D eigenvalue weighted by atomic mass is 9.96. The highest BCUT2D eigenvalue weighted by molar-refractivity contribution is 9.10. The van der Waals surface area contributed by atoms with Crippen LogP contribution in [0.5, 0.6) is 0 Å². The van der Waals surface area contributed by atoms with Gasteiger partial charge in [-0.15, -0.1) is 0 Å². The lowest BCUT2D eigenvalue weighted by molar-refractivity contribution is -0.139. The lowest BCUT2D eigenvalue weighted by Gasteiger charge is -2.24. The molecule has 5 rings (SSSR count). The van der Waals surface area contributed by atoms with Crippen molar-refractivity contribution in [1.29, 1.82) is 0 Å². The Morgan fingerprint density at radius 3 is 2.68 bits per heavy atom. The summed E-state index contributed by atoms with van der Waals surface area (Å²) >= 11 is 12.4. The van der Waals surface area contributed by atoms with Crippen LogP contribution in [0.1, 0.15) is 31.2 Å². The van der Waals surface area contributed by atoms with Crippen molar-refractivity contribution in [2.75, 3.05) is 6.61 Å². The normalized spacial score (nSPS) is 15.5. The van der Waals surface area contributed by atoms with Gasteiger partial charge in [-0.1, -0.05) is 65.0 Å². The number of thiazole rings is 1. The number of rotatable bonds is 6. The Hall–Kier alpha value is -2.85. The zero-order chi connectivity index (χ0) is 26.1. The maximum absolute atomic E-state index is 13.7. The summed E-state index contributed by atoms with van der Waals surface area (Å²) in [6.07, 6.45) is 1.70. The summed E-state index contributed by atoms with van der Waals surface area (Å²) in [6, 6.07) is 18.1. The summed E-state index contributed by atoms with van der Waals surface area (Å²) in [4.78, 5) is 32.8. The van der Waals surface area contributed by atoms with Crippen molar-refractivity contribution in [3.8, 4) is 0 Å². The number of hydrogen-bond acceptors (Lipinski definition) is 7. The fourth-order valence-corrected chi connectivity index (χ4v) is 6.49. The monoisotopic (exact) mass is 614 g/mol. The third-order valence-electron chi connectivity index (χ3n) is 5.60. The van der Waals surface area contributed by atoms with E-state index in [0.717, 1.165) is 14.9 Å². The lowest BCUT2D eigenvalue weighted by Crippen LogP contribution is -2.39. The van der Waals surface area contributed by atoms with Crippen LogP contribution in [-0.2, 0) is 9.53 Å². The van der Waals surface area contributed by atoms with Gasteiger partial charge in [0, 0.05) is 16.0 Å². The molecule has 0 unspecified atom stereocenters. The van der Waals surface area contributed by atoms with Crippen molar-refractivity contribution < 1.29 is 13.9 Å². The van der Waals surface area contributed by atoms with E-state index in [2.05, 4.69) is 20.9 Å². The molecule has 4 aromatic rings. The van der Waals surface area contributed by atoms with Crippen LogP contribution in [0.2, 0.25) is 5.02 Å². The Morgan fingerprint density at radius 2 is 1.97 bits per heavy atom. The Balaban J connectivity index is 1.61. The van der Waals surface area contributed by atoms with Crippen molar-refractivity contribution in [3.63, 3.8) is 0 Å². The van der Waals surface area contributed by atoms with Gasteiger partial charge in [-0.25, -0.2) is 9.79 Å². The molecule has 1 aliphatic rings. The van der Waals surface area contributed by atoms with Gasteiger partial charge >= 0.3 is 5.97 Å². The van der Waals surface area contributed by atoms with Crippen molar-refractivity contribution in [2.24, 2.45) is 4.99 Å². The molecule has 1 aliphatic heterocycles. The summed E-state index contributed by atoms with van der Waals surface area (Å²) in [7, 11) is 0.